The van der Waals surface area contributed by atoms with Crippen molar-refractivity contribution in [3.8, 4) is 5.75 Å². The van der Waals surface area contributed by atoms with Crippen molar-refractivity contribution in [3.05, 3.63) is 117 Å². The Kier molecular flexibility index (Phi) is 7.14. The van der Waals surface area contributed by atoms with E-state index in [0.29, 0.717) is 22.2 Å². The van der Waals surface area contributed by atoms with E-state index in [2.05, 4.69) is 9.71 Å². The van der Waals surface area contributed by atoms with E-state index in [1.54, 1.807) is 12.1 Å². The zero-order valence-corrected chi connectivity index (χ0v) is 21.5. The highest BCUT2D eigenvalue weighted by Crippen LogP contribution is 2.26. The third-order valence-electron chi connectivity index (χ3n) is 5.92. The van der Waals surface area contributed by atoms with Crippen LogP contribution in [-0.4, -0.2) is 29.3 Å². The topological polar surface area (TPSA) is 133 Å². The minimum Gasteiger partial charge on any atom is -0.508 e. The minimum absolute atomic E-state index is 0.0163. The van der Waals surface area contributed by atoms with Gasteiger partial charge in [0.2, 0.25) is 21.5 Å². The fraction of sp³-hybridized carbons (Fsp3) is 0.111. The number of aromatic hydroxyl groups is 1. The first kappa shape index (κ1) is 25.5. The largest absolute Gasteiger partial charge is 0.508 e. The maximum absolute atomic E-state index is 14.0. The van der Waals surface area contributed by atoms with Gasteiger partial charge in [-0.2, -0.15) is 4.72 Å². The molecule has 3 N–H and O–H groups in total. The molecule has 0 aliphatic rings. The third-order valence-corrected chi connectivity index (χ3v) is 8.20. The molecule has 3 heterocycles. The molecule has 0 spiro atoms. The van der Waals surface area contributed by atoms with Gasteiger partial charge in [0.05, 0.1) is 24.2 Å². The van der Waals surface area contributed by atoms with E-state index in [1.807, 2.05) is 17.5 Å². The lowest BCUT2D eigenvalue weighted by molar-refractivity contribution is -0.134. The average molecular weight is 550 g/mol. The van der Waals surface area contributed by atoms with E-state index in [4.69, 9.17) is 4.42 Å². The molecule has 0 fully saturated rings. The van der Waals surface area contributed by atoms with Gasteiger partial charge in [0, 0.05) is 16.5 Å². The van der Waals surface area contributed by atoms with E-state index in [-0.39, 0.29) is 29.3 Å². The number of thiophene rings is 1. The Morgan fingerprint density at radius 2 is 1.84 bits per heavy atom. The standard InChI is InChI=1S/C27H23N3O6S2/c31-20-8-5-18(6-9-20)26(27(33)30(16-21-3-1-13-36-21)17-22-4-2-14-37-22)29-38(34,35)23-10-11-24-19(15-23)7-12-25(32)28-24/h1-15,26,29,31H,16-17H2,(H,28,32)/t26-/m1/s1. The first-order valence-electron chi connectivity index (χ1n) is 11.6. The van der Waals surface area contributed by atoms with Crippen LogP contribution in [0.1, 0.15) is 22.2 Å². The number of nitrogens with zero attached hydrogens (tertiary/aromatic N) is 1. The van der Waals surface area contributed by atoms with Crippen LogP contribution in [0.4, 0.5) is 0 Å². The van der Waals surface area contributed by atoms with Gasteiger partial charge in [-0.1, -0.05) is 18.2 Å². The Hall–Kier alpha value is -4.19. The number of hydrogen-bond donors (Lipinski definition) is 3. The highest BCUT2D eigenvalue weighted by atomic mass is 32.2. The van der Waals surface area contributed by atoms with Gasteiger partial charge in [0.15, 0.2) is 0 Å². The number of aromatic nitrogens is 1. The normalized spacial score (nSPS) is 12.4. The first-order chi connectivity index (χ1) is 18.3. The molecule has 5 aromatic rings. The highest BCUT2D eigenvalue weighted by Gasteiger charge is 2.31. The van der Waals surface area contributed by atoms with Crippen molar-refractivity contribution in [2.24, 2.45) is 0 Å². The van der Waals surface area contributed by atoms with E-state index < -0.39 is 22.0 Å². The quantitative estimate of drug-likeness (QED) is 0.253. The number of pyridine rings is 1. The lowest BCUT2D eigenvalue weighted by Gasteiger charge is -2.27. The van der Waals surface area contributed by atoms with Crippen LogP contribution in [0, 0.1) is 0 Å². The molecule has 3 aromatic heterocycles. The third kappa shape index (κ3) is 5.70. The van der Waals surface area contributed by atoms with E-state index in [9.17, 15) is 23.1 Å². The molecule has 11 heteroatoms. The molecule has 0 aliphatic heterocycles. The number of furan rings is 1. The summed E-state index contributed by atoms with van der Waals surface area (Å²) in [7, 11) is -4.19. The fourth-order valence-electron chi connectivity index (χ4n) is 4.03. The molecular weight excluding hydrogens is 526 g/mol. The number of amides is 1. The average Bonchev–Trinajstić information content (AvgIpc) is 3.61. The maximum atomic E-state index is 14.0. The van der Waals surface area contributed by atoms with Crippen molar-refractivity contribution >= 4 is 38.2 Å². The number of carbonyl (C=O) groups excluding carboxylic acids is 1. The van der Waals surface area contributed by atoms with Crippen molar-refractivity contribution < 1.29 is 22.7 Å². The van der Waals surface area contributed by atoms with Gasteiger partial charge >= 0.3 is 0 Å². The van der Waals surface area contributed by atoms with Gasteiger partial charge < -0.3 is 19.4 Å². The SMILES string of the molecule is O=C([C@H](NS(=O)(=O)c1ccc2[nH]c(=O)ccc2c1)c1ccc(O)cc1)N(Cc1ccco1)Cc1cccs1. The van der Waals surface area contributed by atoms with Crippen molar-refractivity contribution in [2.75, 3.05) is 0 Å². The van der Waals surface area contributed by atoms with Gasteiger partial charge in [-0.15, -0.1) is 11.3 Å². The van der Waals surface area contributed by atoms with Crippen LogP contribution in [0.2, 0.25) is 0 Å². The Morgan fingerprint density at radius 3 is 2.55 bits per heavy atom. The summed E-state index contributed by atoms with van der Waals surface area (Å²) in [5, 5.41) is 12.2. The molecular formula is C27H23N3O6S2. The lowest BCUT2D eigenvalue weighted by atomic mass is 10.1. The van der Waals surface area contributed by atoms with Crippen molar-refractivity contribution in [3.63, 3.8) is 0 Å². The van der Waals surface area contributed by atoms with Crippen LogP contribution in [0.5, 0.6) is 5.75 Å². The summed E-state index contributed by atoms with van der Waals surface area (Å²) in [6, 6.07) is 18.9. The lowest BCUT2D eigenvalue weighted by Crippen LogP contribution is -2.42. The molecule has 194 valence electrons. The predicted octanol–water partition coefficient (Wildman–Crippen LogP) is 4.14. The molecule has 1 amide bonds. The van der Waals surface area contributed by atoms with Crippen LogP contribution in [0.25, 0.3) is 10.9 Å². The summed E-state index contributed by atoms with van der Waals surface area (Å²) in [6.07, 6.45) is 1.51. The molecule has 38 heavy (non-hydrogen) atoms. The van der Waals surface area contributed by atoms with E-state index in [1.165, 1.54) is 77.1 Å². The summed E-state index contributed by atoms with van der Waals surface area (Å²) >= 11 is 1.48. The Balaban J connectivity index is 1.52. The van der Waals surface area contributed by atoms with Gasteiger partial charge in [-0.25, -0.2) is 8.42 Å². The Bertz CT molecular complexity index is 1670. The molecule has 9 nitrogen and oxygen atoms in total. The predicted molar refractivity (Wildman–Crippen MR) is 143 cm³/mol. The van der Waals surface area contributed by atoms with Gasteiger partial charge in [0.25, 0.3) is 0 Å². The van der Waals surface area contributed by atoms with Gasteiger partial charge in [-0.05, 0) is 70.9 Å². The summed E-state index contributed by atoms with van der Waals surface area (Å²) in [4.78, 5) is 30.6. The fourth-order valence-corrected chi connectivity index (χ4v) is 5.96. The second-order valence-corrected chi connectivity index (χ2v) is 11.3. The summed E-state index contributed by atoms with van der Waals surface area (Å²) in [6.45, 7) is 0.375. The molecule has 1 atom stereocenters. The highest BCUT2D eigenvalue weighted by molar-refractivity contribution is 7.89. The number of phenolic OH excluding ortho intramolecular Hbond substituents is 1. The number of nitrogens with one attached hydrogen (secondary N) is 2. The summed E-state index contributed by atoms with van der Waals surface area (Å²) < 4.78 is 35.1. The first-order valence-corrected chi connectivity index (χ1v) is 13.9. The molecule has 0 bridgehead atoms. The van der Waals surface area contributed by atoms with Crippen LogP contribution >= 0.6 is 11.3 Å². The zero-order chi connectivity index (χ0) is 26.7. The van der Waals surface area contributed by atoms with Gasteiger partial charge in [-0.3, -0.25) is 9.59 Å². The Morgan fingerprint density at radius 1 is 1.03 bits per heavy atom. The van der Waals surface area contributed by atoms with Crippen LogP contribution in [0.15, 0.2) is 105 Å². The van der Waals surface area contributed by atoms with E-state index in [0.717, 1.165) is 4.88 Å². The molecule has 5 rings (SSSR count). The smallest absolute Gasteiger partial charge is 0.248 e. The van der Waals surface area contributed by atoms with Crippen LogP contribution in [-0.2, 0) is 27.9 Å². The Labute approximate surface area is 222 Å². The zero-order valence-electron chi connectivity index (χ0n) is 19.9. The second-order valence-electron chi connectivity index (χ2n) is 8.57. The van der Waals surface area contributed by atoms with Crippen molar-refractivity contribution in [1.82, 2.24) is 14.6 Å². The second kappa shape index (κ2) is 10.7. The molecule has 0 radical (unpaired) electrons. The van der Waals surface area contributed by atoms with Crippen LogP contribution < -0.4 is 10.3 Å². The van der Waals surface area contributed by atoms with Crippen LogP contribution in [0.3, 0.4) is 0 Å². The van der Waals surface area contributed by atoms with Crippen molar-refractivity contribution in [1.29, 1.82) is 0 Å². The number of fused-ring (bicyclic) bond motifs is 1. The molecule has 2 aromatic carbocycles. The van der Waals surface area contributed by atoms with E-state index >= 15 is 0 Å². The number of phenols is 1. The van der Waals surface area contributed by atoms with Crippen molar-refractivity contribution in [2.45, 2.75) is 24.0 Å². The number of benzene rings is 2. The summed E-state index contributed by atoms with van der Waals surface area (Å²) in [5.74, 6) is 0.0391. The molecule has 0 saturated carbocycles. The number of sulfonamides is 1. The number of rotatable bonds is 9. The molecule has 0 aliphatic carbocycles. The maximum Gasteiger partial charge on any atom is 0.248 e. The van der Waals surface area contributed by atoms with Gasteiger partial charge in [0.1, 0.15) is 17.6 Å². The number of H-pyrrole nitrogens is 1. The molecule has 0 unspecified atom stereocenters. The number of hydrogen-bond acceptors (Lipinski definition) is 7. The number of carbonyl (C=O) groups is 1. The summed E-state index contributed by atoms with van der Waals surface area (Å²) in [5.41, 5.74) is 0.548. The molecule has 0 saturated heterocycles. The minimum atomic E-state index is -4.19. The monoisotopic (exact) mass is 549 g/mol. The number of aromatic amines is 1.